The molecule has 1 aromatic carbocycles. The van der Waals surface area contributed by atoms with Gasteiger partial charge in [-0.05, 0) is 17.2 Å². The molecule has 1 aliphatic rings. The van der Waals surface area contributed by atoms with Gasteiger partial charge in [0.15, 0.2) is 5.54 Å². The first-order valence-corrected chi connectivity index (χ1v) is 5.58. The van der Waals surface area contributed by atoms with Crippen molar-refractivity contribution in [2.75, 3.05) is 0 Å². The van der Waals surface area contributed by atoms with Crippen molar-refractivity contribution in [1.82, 2.24) is 0 Å². The van der Waals surface area contributed by atoms with Gasteiger partial charge in [0.2, 0.25) is 6.08 Å². The first-order valence-electron chi connectivity index (χ1n) is 5.58. The summed E-state index contributed by atoms with van der Waals surface area (Å²) in [4.78, 5) is 13.3. The van der Waals surface area contributed by atoms with Crippen LogP contribution in [0.25, 0.3) is 5.57 Å². The molecule has 0 fully saturated rings. The quantitative estimate of drug-likeness (QED) is 0.592. The van der Waals surface area contributed by atoms with Gasteiger partial charge >= 0.3 is 6.18 Å². The Hall–Kier alpha value is -2.13. The number of nitrogens with zero attached hydrogens (tertiary/aromatic N) is 1. The molecule has 0 saturated heterocycles. The van der Waals surface area contributed by atoms with Crippen molar-refractivity contribution in [3.05, 3.63) is 54.1 Å². The first-order chi connectivity index (χ1) is 8.98. The van der Waals surface area contributed by atoms with E-state index >= 15 is 0 Å². The predicted molar refractivity (Wildman–Crippen MR) is 65.1 cm³/mol. The molecule has 1 aromatic rings. The van der Waals surface area contributed by atoms with E-state index in [2.05, 4.69) is 4.99 Å². The van der Waals surface area contributed by atoms with Gasteiger partial charge in [0.25, 0.3) is 0 Å². The van der Waals surface area contributed by atoms with Crippen LogP contribution < -0.4 is 0 Å². The van der Waals surface area contributed by atoms with E-state index in [1.165, 1.54) is 6.08 Å². The van der Waals surface area contributed by atoms with Gasteiger partial charge in [-0.2, -0.15) is 18.2 Å². The van der Waals surface area contributed by atoms with Crippen LogP contribution in [0.15, 0.2) is 53.6 Å². The second-order valence-corrected chi connectivity index (χ2v) is 4.22. The average molecular weight is 265 g/mol. The molecule has 0 N–H and O–H groups in total. The predicted octanol–water partition coefficient (Wildman–Crippen LogP) is 3.67. The summed E-state index contributed by atoms with van der Waals surface area (Å²) in [5, 5.41) is 0. The third-order valence-electron chi connectivity index (χ3n) is 3.01. The number of isocyanates is 1. The lowest BCUT2D eigenvalue weighted by atomic mass is 9.83. The number of allylic oxidation sites excluding steroid dienone is 2. The Morgan fingerprint density at radius 1 is 1.21 bits per heavy atom. The van der Waals surface area contributed by atoms with Crippen molar-refractivity contribution < 1.29 is 18.0 Å². The lowest BCUT2D eigenvalue weighted by Gasteiger charge is -2.30. The van der Waals surface area contributed by atoms with Gasteiger partial charge in [0.05, 0.1) is 0 Å². The van der Waals surface area contributed by atoms with Crippen molar-refractivity contribution in [2.45, 2.75) is 18.1 Å². The van der Waals surface area contributed by atoms with Crippen LogP contribution >= 0.6 is 0 Å². The lowest BCUT2D eigenvalue weighted by molar-refractivity contribution is -0.169. The van der Waals surface area contributed by atoms with Crippen LogP contribution in [0.1, 0.15) is 12.0 Å². The summed E-state index contributed by atoms with van der Waals surface area (Å²) in [6, 6.07) is 8.70. The van der Waals surface area contributed by atoms with Gasteiger partial charge in [-0.15, -0.1) is 0 Å². The molecule has 0 radical (unpaired) electrons. The van der Waals surface area contributed by atoms with E-state index in [1.54, 1.807) is 36.4 Å². The van der Waals surface area contributed by atoms with Crippen molar-refractivity contribution in [1.29, 1.82) is 0 Å². The molecule has 2 nitrogen and oxygen atoms in total. The van der Waals surface area contributed by atoms with Gasteiger partial charge in [-0.3, -0.25) is 0 Å². The first kappa shape index (κ1) is 13.3. The second-order valence-electron chi connectivity index (χ2n) is 4.22. The highest BCUT2D eigenvalue weighted by atomic mass is 19.4. The SMILES string of the molecule is O=C=NC1(C(F)(F)F)C=CC=C(c2ccccc2)C1. The molecule has 98 valence electrons. The maximum absolute atomic E-state index is 13.1. The standard InChI is InChI=1S/C14H10F3NO/c15-14(16,17)13(18-10-19)8-4-7-12(9-13)11-5-2-1-3-6-11/h1-8H,9H2. The summed E-state index contributed by atoms with van der Waals surface area (Å²) in [5.41, 5.74) is -1.34. The number of hydrogen-bond donors (Lipinski definition) is 0. The molecule has 19 heavy (non-hydrogen) atoms. The smallest absolute Gasteiger partial charge is 0.211 e. The Labute approximate surface area is 108 Å². The maximum Gasteiger partial charge on any atom is 0.418 e. The highest BCUT2D eigenvalue weighted by Crippen LogP contribution is 2.43. The minimum atomic E-state index is -4.63. The fourth-order valence-corrected chi connectivity index (χ4v) is 2.00. The molecule has 1 unspecified atom stereocenters. The molecule has 0 amide bonds. The Bertz CT molecular complexity index is 568. The van der Waals surface area contributed by atoms with E-state index in [4.69, 9.17) is 0 Å². The normalized spacial score (nSPS) is 22.6. The fraction of sp³-hybridized carbons (Fsp3) is 0.214. The molecule has 5 heteroatoms. The highest BCUT2D eigenvalue weighted by molar-refractivity contribution is 5.70. The van der Waals surface area contributed by atoms with E-state index in [0.717, 1.165) is 12.2 Å². The van der Waals surface area contributed by atoms with Crippen molar-refractivity contribution in [3.63, 3.8) is 0 Å². The minimum Gasteiger partial charge on any atom is -0.211 e. The Morgan fingerprint density at radius 2 is 1.89 bits per heavy atom. The monoisotopic (exact) mass is 265 g/mol. The number of hydrogen-bond acceptors (Lipinski definition) is 2. The molecule has 0 bridgehead atoms. The van der Waals surface area contributed by atoms with Crippen LogP contribution in [0.4, 0.5) is 13.2 Å². The molecule has 0 spiro atoms. The third-order valence-corrected chi connectivity index (χ3v) is 3.01. The topological polar surface area (TPSA) is 29.4 Å². The summed E-state index contributed by atoms with van der Waals surface area (Å²) in [6.45, 7) is 0. The molecular weight excluding hydrogens is 255 g/mol. The van der Waals surface area contributed by atoms with Crippen molar-refractivity contribution in [3.8, 4) is 0 Å². The van der Waals surface area contributed by atoms with E-state index < -0.39 is 18.1 Å². The molecular formula is C14H10F3NO. The van der Waals surface area contributed by atoms with E-state index in [9.17, 15) is 18.0 Å². The highest BCUT2D eigenvalue weighted by Gasteiger charge is 2.54. The summed E-state index contributed by atoms with van der Waals surface area (Å²) in [5.74, 6) is 0. The molecule has 0 aromatic heterocycles. The van der Waals surface area contributed by atoms with Crippen molar-refractivity contribution in [2.24, 2.45) is 4.99 Å². The summed E-state index contributed by atoms with van der Waals surface area (Å²) < 4.78 is 39.4. The third kappa shape index (κ3) is 2.51. The van der Waals surface area contributed by atoms with Crippen LogP contribution in [-0.2, 0) is 4.79 Å². The fourth-order valence-electron chi connectivity index (χ4n) is 2.00. The van der Waals surface area contributed by atoms with Gasteiger partial charge in [0, 0.05) is 6.42 Å². The molecule has 2 rings (SSSR count). The van der Waals surface area contributed by atoms with E-state index in [1.807, 2.05) is 0 Å². The number of aliphatic imine (C=N–C) groups is 1. The average Bonchev–Trinajstić information content (AvgIpc) is 2.39. The number of alkyl halides is 3. The Morgan fingerprint density at radius 3 is 2.47 bits per heavy atom. The molecule has 1 atom stereocenters. The lowest BCUT2D eigenvalue weighted by Crippen LogP contribution is -2.42. The van der Waals surface area contributed by atoms with Crippen molar-refractivity contribution >= 4 is 11.7 Å². The van der Waals surface area contributed by atoms with Gasteiger partial charge in [0.1, 0.15) is 0 Å². The van der Waals surface area contributed by atoms with Gasteiger partial charge in [-0.25, -0.2) is 4.79 Å². The van der Waals surface area contributed by atoms with Crippen LogP contribution in [0.2, 0.25) is 0 Å². The van der Waals surface area contributed by atoms with Crippen LogP contribution in [0.5, 0.6) is 0 Å². The summed E-state index contributed by atoms with van der Waals surface area (Å²) >= 11 is 0. The molecule has 0 aliphatic heterocycles. The maximum atomic E-state index is 13.1. The van der Waals surface area contributed by atoms with Crippen LogP contribution in [0, 0.1) is 0 Å². The van der Waals surface area contributed by atoms with Crippen LogP contribution in [-0.4, -0.2) is 17.8 Å². The number of carbonyl (C=O) groups excluding carboxylic acids is 1. The second kappa shape index (κ2) is 4.86. The molecule has 0 heterocycles. The number of halogens is 3. The Balaban J connectivity index is 2.42. The zero-order valence-corrected chi connectivity index (χ0v) is 9.82. The van der Waals surface area contributed by atoms with Crippen LogP contribution in [0.3, 0.4) is 0 Å². The zero-order chi connectivity index (χ0) is 13.9. The van der Waals surface area contributed by atoms with Gasteiger partial charge in [-0.1, -0.05) is 42.5 Å². The molecule has 0 saturated carbocycles. The zero-order valence-electron chi connectivity index (χ0n) is 9.82. The summed E-state index contributed by atoms with van der Waals surface area (Å²) in [6.07, 6.45) is -0.225. The van der Waals surface area contributed by atoms with E-state index in [0.29, 0.717) is 11.1 Å². The minimum absolute atomic E-state index is 0.397. The molecule has 1 aliphatic carbocycles. The Kier molecular flexibility index (Phi) is 3.40. The van der Waals surface area contributed by atoms with E-state index in [-0.39, 0.29) is 0 Å². The number of rotatable bonds is 2. The van der Waals surface area contributed by atoms with Gasteiger partial charge < -0.3 is 0 Å². The number of benzene rings is 1. The summed E-state index contributed by atoms with van der Waals surface area (Å²) in [7, 11) is 0. The largest absolute Gasteiger partial charge is 0.418 e.